The first-order valence-electron chi connectivity index (χ1n) is 6.33. The van der Waals surface area contributed by atoms with Crippen molar-refractivity contribution in [2.45, 2.75) is 30.2 Å². The van der Waals surface area contributed by atoms with Crippen molar-refractivity contribution in [2.75, 3.05) is 20.1 Å². The fourth-order valence-corrected chi connectivity index (χ4v) is 3.77. The summed E-state index contributed by atoms with van der Waals surface area (Å²) in [7, 11) is -1.84. The lowest BCUT2D eigenvalue weighted by Gasteiger charge is -2.38. The van der Waals surface area contributed by atoms with E-state index >= 15 is 0 Å². The van der Waals surface area contributed by atoms with E-state index in [1.165, 1.54) is 28.6 Å². The molecular formula is C13H19FN2O2S. The van der Waals surface area contributed by atoms with Gasteiger partial charge in [0.1, 0.15) is 10.7 Å². The van der Waals surface area contributed by atoms with E-state index in [9.17, 15) is 12.8 Å². The second-order valence-electron chi connectivity index (χ2n) is 5.15. The molecule has 0 bridgehead atoms. The first-order chi connectivity index (χ1) is 8.89. The Balaban J connectivity index is 2.22. The standard InChI is InChI=1S/C13H19FN2O2S/c1-13(15-2)7-9-16(10-8-13)19(17,18)12-6-4-3-5-11(12)14/h3-6,15H,7-10H2,1-2H3. The van der Waals surface area contributed by atoms with E-state index in [2.05, 4.69) is 12.2 Å². The van der Waals surface area contributed by atoms with Gasteiger partial charge in [-0.25, -0.2) is 12.8 Å². The van der Waals surface area contributed by atoms with Crippen molar-refractivity contribution < 1.29 is 12.8 Å². The lowest BCUT2D eigenvalue weighted by atomic mass is 9.91. The number of hydrogen-bond donors (Lipinski definition) is 1. The van der Waals surface area contributed by atoms with Crippen LogP contribution < -0.4 is 5.32 Å². The van der Waals surface area contributed by atoms with Crippen LogP contribution in [0.2, 0.25) is 0 Å². The summed E-state index contributed by atoms with van der Waals surface area (Å²) in [5.74, 6) is -0.690. The second-order valence-corrected chi connectivity index (χ2v) is 7.05. The molecule has 19 heavy (non-hydrogen) atoms. The normalized spacial score (nSPS) is 20.4. The fraction of sp³-hybridized carbons (Fsp3) is 0.538. The van der Waals surface area contributed by atoms with Gasteiger partial charge < -0.3 is 5.32 Å². The van der Waals surface area contributed by atoms with Crippen molar-refractivity contribution in [3.05, 3.63) is 30.1 Å². The van der Waals surface area contributed by atoms with Gasteiger partial charge in [-0.2, -0.15) is 4.31 Å². The molecule has 2 rings (SSSR count). The van der Waals surface area contributed by atoms with Crippen LogP contribution in [0, 0.1) is 5.82 Å². The summed E-state index contributed by atoms with van der Waals surface area (Å²) in [4.78, 5) is -0.233. The smallest absolute Gasteiger partial charge is 0.245 e. The van der Waals surface area contributed by atoms with Gasteiger partial charge in [-0.15, -0.1) is 0 Å². The van der Waals surface area contributed by atoms with Gasteiger partial charge in [-0.3, -0.25) is 0 Å². The zero-order valence-corrected chi connectivity index (χ0v) is 12.0. The topological polar surface area (TPSA) is 49.4 Å². The van der Waals surface area contributed by atoms with Crippen LogP contribution in [0.25, 0.3) is 0 Å². The SMILES string of the molecule is CNC1(C)CCN(S(=O)(=O)c2ccccc2F)CC1. The van der Waals surface area contributed by atoms with Gasteiger partial charge in [0.25, 0.3) is 0 Å². The highest BCUT2D eigenvalue weighted by molar-refractivity contribution is 7.89. The van der Waals surface area contributed by atoms with Gasteiger partial charge in [-0.05, 0) is 38.9 Å². The first-order valence-corrected chi connectivity index (χ1v) is 7.77. The molecular weight excluding hydrogens is 267 g/mol. The first kappa shape index (κ1) is 14.4. The molecule has 0 aliphatic carbocycles. The number of hydrogen-bond acceptors (Lipinski definition) is 3. The number of nitrogens with one attached hydrogen (secondary N) is 1. The predicted molar refractivity (Wildman–Crippen MR) is 71.9 cm³/mol. The van der Waals surface area contributed by atoms with Crippen molar-refractivity contribution in [2.24, 2.45) is 0 Å². The maximum absolute atomic E-state index is 13.6. The van der Waals surface area contributed by atoms with Crippen LogP contribution in [0.4, 0.5) is 4.39 Å². The number of piperidine rings is 1. The third kappa shape index (κ3) is 2.80. The average molecular weight is 286 g/mol. The summed E-state index contributed by atoms with van der Waals surface area (Å²) >= 11 is 0. The summed E-state index contributed by atoms with van der Waals surface area (Å²) < 4.78 is 39.8. The molecule has 106 valence electrons. The second kappa shape index (κ2) is 5.19. The number of halogens is 1. The molecule has 0 radical (unpaired) electrons. The monoisotopic (exact) mass is 286 g/mol. The zero-order chi connectivity index (χ0) is 14.1. The van der Waals surface area contributed by atoms with E-state index in [0.717, 1.165) is 12.8 Å². The van der Waals surface area contributed by atoms with Crippen LogP contribution in [0.1, 0.15) is 19.8 Å². The summed E-state index contributed by atoms with van der Waals surface area (Å²) in [6.45, 7) is 2.89. The van der Waals surface area contributed by atoms with Crippen LogP contribution >= 0.6 is 0 Å². The zero-order valence-electron chi connectivity index (χ0n) is 11.2. The van der Waals surface area contributed by atoms with Gasteiger partial charge >= 0.3 is 0 Å². The lowest BCUT2D eigenvalue weighted by molar-refractivity contribution is 0.219. The number of benzene rings is 1. The quantitative estimate of drug-likeness (QED) is 0.918. The fourth-order valence-electron chi connectivity index (χ4n) is 2.26. The minimum absolute atomic E-state index is 0.0404. The van der Waals surface area contributed by atoms with Crippen LogP contribution in [-0.4, -0.2) is 38.4 Å². The Morgan fingerprint density at radius 2 is 1.84 bits per heavy atom. The Bertz CT molecular complexity index is 552. The predicted octanol–water partition coefficient (Wildman–Crippen LogP) is 1.59. The molecule has 1 heterocycles. The highest BCUT2D eigenvalue weighted by atomic mass is 32.2. The molecule has 0 amide bonds. The van der Waals surface area contributed by atoms with Crippen molar-refractivity contribution in [1.82, 2.24) is 9.62 Å². The minimum Gasteiger partial charge on any atom is -0.314 e. The number of nitrogens with zero attached hydrogens (tertiary/aromatic N) is 1. The Kier molecular flexibility index (Phi) is 3.94. The number of rotatable bonds is 3. The molecule has 0 atom stereocenters. The van der Waals surface area contributed by atoms with Crippen LogP contribution in [0.3, 0.4) is 0 Å². The van der Waals surface area contributed by atoms with E-state index in [0.29, 0.717) is 13.1 Å². The Labute approximate surface area is 113 Å². The van der Waals surface area contributed by atoms with Gasteiger partial charge in [0.2, 0.25) is 10.0 Å². The molecule has 6 heteroatoms. The van der Waals surface area contributed by atoms with E-state index in [4.69, 9.17) is 0 Å². The summed E-state index contributed by atoms with van der Waals surface area (Å²) in [6, 6.07) is 5.52. The molecule has 1 fully saturated rings. The van der Waals surface area contributed by atoms with E-state index in [-0.39, 0.29) is 10.4 Å². The molecule has 1 aliphatic rings. The molecule has 1 aliphatic heterocycles. The third-order valence-corrected chi connectivity index (χ3v) is 5.82. The Morgan fingerprint density at radius 3 is 2.37 bits per heavy atom. The van der Waals surface area contributed by atoms with Crippen LogP contribution in [-0.2, 0) is 10.0 Å². The van der Waals surface area contributed by atoms with Gasteiger partial charge in [0.15, 0.2) is 0 Å². The molecule has 0 unspecified atom stereocenters. The highest BCUT2D eigenvalue weighted by Crippen LogP contribution is 2.27. The maximum atomic E-state index is 13.6. The minimum atomic E-state index is -3.72. The highest BCUT2D eigenvalue weighted by Gasteiger charge is 2.35. The lowest BCUT2D eigenvalue weighted by Crippen LogP contribution is -2.51. The van der Waals surface area contributed by atoms with E-state index < -0.39 is 15.8 Å². The molecule has 1 aromatic rings. The third-order valence-electron chi connectivity index (χ3n) is 3.88. The van der Waals surface area contributed by atoms with Crippen molar-refractivity contribution in [3.63, 3.8) is 0 Å². The molecule has 4 nitrogen and oxygen atoms in total. The molecule has 1 N–H and O–H groups in total. The maximum Gasteiger partial charge on any atom is 0.245 e. The Morgan fingerprint density at radius 1 is 1.26 bits per heavy atom. The van der Waals surface area contributed by atoms with Crippen molar-refractivity contribution >= 4 is 10.0 Å². The summed E-state index contributed by atoms with van der Waals surface area (Å²) in [5.41, 5.74) is -0.0404. The van der Waals surface area contributed by atoms with Gasteiger partial charge in [-0.1, -0.05) is 12.1 Å². The van der Waals surface area contributed by atoms with E-state index in [1.54, 1.807) is 0 Å². The molecule has 1 saturated heterocycles. The van der Waals surface area contributed by atoms with E-state index in [1.807, 2.05) is 7.05 Å². The summed E-state index contributed by atoms with van der Waals surface area (Å²) in [6.07, 6.45) is 1.44. The molecule has 0 saturated carbocycles. The Hall–Kier alpha value is -0.980. The molecule has 0 aromatic heterocycles. The summed E-state index contributed by atoms with van der Waals surface area (Å²) in [5, 5.41) is 3.21. The van der Waals surface area contributed by atoms with Crippen molar-refractivity contribution in [3.8, 4) is 0 Å². The van der Waals surface area contributed by atoms with Crippen molar-refractivity contribution in [1.29, 1.82) is 0 Å². The average Bonchev–Trinajstić information content (AvgIpc) is 2.39. The number of sulfonamides is 1. The van der Waals surface area contributed by atoms with Crippen LogP contribution in [0.15, 0.2) is 29.2 Å². The molecule has 0 spiro atoms. The van der Waals surface area contributed by atoms with Gasteiger partial charge in [0, 0.05) is 18.6 Å². The van der Waals surface area contributed by atoms with Crippen LogP contribution in [0.5, 0.6) is 0 Å². The molecule has 1 aromatic carbocycles. The largest absolute Gasteiger partial charge is 0.314 e. The van der Waals surface area contributed by atoms with Gasteiger partial charge in [0.05, 0.1) is 0 Å².